The third kappa shape index (κ3) is 4.43. The van der Waals surface area contributed by atoms with Gasteiger partial charge in [0.05, 0.1) is 11.5 Å². The Bertz CT molecular complexity index is 920. The van der Waals surface area contributed by atoms with Gasteiger partial charge in [0.15, 0.2) is 0 Å². The summed E-state index contributed by atoms with van der Waals surface area (Å²) in [4.78, 5) is 32.0. The minimum absolute atomic E-state index is 0.00115. The van der Waals surface area contributed by atoms with Crippen molar-refractivity contribution in [3.63, 3.8) is 0 Å². The largest absolute Gasteiger partial charge is 0.470 e. The molecule has 0 bridgehead atoms. The molecule has 1 amide bonds. The van der Waals surface area contributed by atoms with Crippen LogP contribution in [0.2, 0.25) is 0 Å². The summed E-state index contributed by atoms with van der Waals surface area (Å²) in [5.74, 6) is -0.0140. The van der Waals surface area contributed by atoms with E-state index in [1.165, 1.54) is 30.6 Å². The molecule has 1 atom stereocenters. The summed E-state index contributed by atoms with van der Waals surface area (Å²) < 4.78 is 5.70. The SMILES string of the molecule is N#Cc1nccnc1OC1CCN(C(=O)/C=C/c2ccc([N+](=O)[O-])cc2)C1. The van der Waals surface area contributed by atoms with E-state index in [0.717, 1.165) is 0 Å². The molecule has 0 N–H and O–H groups in total. The van der Waals surface area contributed by atoms with Crippen LogP contribution >= 0.6 is 0 Å². The predicted octanol–water partition coefficient (Wildman–Crippen LogP) is 1.95. The summed E-state index contributed by atoms with van der Waals surface area (Å²) in [7, 11) is 0. The van der Waals surface area contributed by atoms with E-state index in [1.54, 1.807) is 23.1 Å². The smallest absolute Gasteiger partial charge is 0.269 e. The van der Waals surface area contributed by atoms with Gasteiger partial charge in [-0.05, 0) is 23.8 Å². The summed E-state index contributed by atoms with van der Waals surface area (Å²) in [6.07, 6.45) is 6.26. The van der Waals surface area contributed by atoms with E-state index < -0.39 is 4.92 Å². The van der Waals surface area contributed by atoms with Crippen LogP contribution in [-0.2, 0) is 4.79 Å². The van der Waals surface area contributed by atoms with Gasteiger partial charge in [-0.1, -0.05) is 0 Å². The van der Waals surface area contributed by atoms with Gasteiger partial charge in [-0.15, -0.1) is 0 Å². The van der Waals surface area contributed by atoms with Crippen molar-refractivity contribution >= 4 is 17.7 Å². The van der Waals surface area contributed by atoms with Gasteiger partial charge in [0, 0.05) is 43.6 Å². The Balaban J connectivity index is 1.57. The first kappa shape index (κ1) is 18.0. The number of non-ortho nitro benzene ring substituents is 1. The van der Waals surface area contributed by atoms with Crippen LogP contribution in [0.4, 0.5) is 5.69 Å². The number of nitro benzene ring substituents is 1. The Morgan fingerprint density at radius 3 is 2.78 bits per heavy atom. The molecule has 1 saturated heterocycles. The Morgan fingerprint density at radius 2 is 2.07 bits per heavy atom. The monoisotopic (exact) mass is 365 g/mol. The van der Waals surface area contributed by atoms with Crippen LogP contribution in [0.1, 0.15) is 17.7 Å². The number of benzene rings is 1. The van der Waals surface area contributed by atoms with E-state index in [0.29, 0.717) is 25.1 Å². The van der Waals surface area contributed by atoms with Crippen LogP contribution in [0.5, 0.6) is 5.88 Å². The van der Waals surface area contributed by atoms with Crippen molar-refractivity contribution in [2.45, 2.75) is 12.5 Å². The van der Waals surface area contributed by atoms with E-state index >= 15 is 0 Å². The number of carbonyl (C=O) groups is 1. The molecule has 9 nitrogen and oxygen atoms in total. The third-order valence-electron chi connectivity index (χ3n) is 4.03. The molecule has 1 aliphatic rings. The average molecular weight is 365 g/mol. The molecule has 1 fully saturated rings. The summed E-state index contributed by atoms with van der Waals surface area (Å²) in [6, 6.07) is 7.85. The molecule has 1 unspecified atom stereocenters. The highest BCUT2D eigenvalue weighted by Crippen LogP contribution is 2.19. The van der Waals surface area contributed by atoms with Crippen LogP contribution in [0.3, 0.4) is 0 Å². The van der Waals surface area contributed by atoms with Gasteiger partial charge >= 0.3 is 0 Å². The maximum atomic E-state index is 12.3. The Hall–Kier alpha value is -3.80. The summed E-state index contributed by atoms with van der Waals surface area (Å²) in [6.45, 7) is 0.904. The maximum Gasteiger partial charge on any atom is 0.269 e. The number of nitro groups is 1. The molecule has 0 saturated carbocycles. The van der Waals surface area contributed by atoms with E-state index in [1.807, 2.05) is 6.07 Å². The van der Waals surface area contributed by atoms with Crippen LogP contribution in [0, 0.1) is 21.4 Å². The van der Waals surface area contributed by atoms with E-state index in [9.17, 15) is 14.9 Å². The van der Waals surface area contributed by atoms with Gasteiger partial charge in [-0.2, -0.15) is 5.26 Å². The number of amides is 1. The highest BCUT2D eigenvalue weighted by molar-refractivity contribution is 5.92. The number of hydrogen-bond donors (Lipinski definition) is 0. The van der Waals surface area contributed by atoms with Gasteiger partial charge in [0.25, 0.3) is 11.6 Å². The zero-order valence-electron chi connectivity index (χ0n) is 14.2. The van der Waals surface area contributed by atoms with Crippen LogP contribution < -0.4 is 4.74 Å². The first-order valence-corrected chi connectivity index (χ1v) is 8.16. The molecule has 1 aromatic carbocycles. The van der Waals surface area contributed by atoms with Crippen molar-refractivity contribution < 1.29 is 14.5 Å². The van der Waals surface area contributed by atoms with Crippen molar-refractivity contribution in [2.24, 2.45) is 0 Å². The standard InChI is InChI=1S/C18H15N5O4/c19-11-16-18(21-9-8-20-16)27-15-7-10-22(12-15)17(24)6-3-13-1-4-14(5-2-13)23(25)26/h1-6,8-9,15H,7,10,12H2/b6-3+. The Labute approximate surface area is 154 Å². The lowest BCUT2D eigenvalue weighted by Gasteiger charge is -2.15. The Morgan fingerprint density at radius 1 is 1.33 bits per heavy atom. The fraction of sp³-hybridized carbons (Fsp3) is 0.222. The molecule has 27 heavy (non-hydrogen) atoms. The van der Waals surface area contributed by atoms with Crippen molar-refractivity contribution in [3.05, 3.63) is 64.1 Å². The predicted molar refractivity (Wildman–Crippen MR) is 94.5 cm³/mol. The molecule has 2 aromatic rings. The van der Waals surface area contributed by atoms with Crippen LogP contribution in [0.25, 0.3) is 6.08 Å². The number of aromatic nitrogens is 2. The normalized spacial score (nSPS) is 16.3. The third-order valence-corrected chi connectivity index (χ3v) is 4.03. The number of rotatable bonds is 5. The lowest BCUT2D eigenvalue weighted by atomic mass is 10.2. The fourth-order valence-corrected chi connectivity index (χ4v) is 2.65. The lowest BCUT2D eigenvalue weighted by molar-refractivity contribution is -0.384. The van der Waals surface area contributed by atoms with Crippen molar-refractivity contribution in [1.29, 1.82) is 5.26 Å². The summed E-state index contributed by atoms with van der Waals surface area (Å²) in [5, 5.41) is 19.7. The molecule has 0 radical (unpaired) electrons. The molecule has 1 aliphatic heterocycles. The molecule has 2 heterocycles. The first-order chi connectivity index (χ1) is 13.1. The second kappa shape index (κ2) is 8.05. The van der Waals surface area contributed by atoms with Gasteiger partial charge in [0.1, 0.15) is 12.2 Å². The number of likely N-dealkylation sites (tertiary alicyclic amines) is 1. The topological polar surface area (TPSA) is 122 Å². The van der Waals surface area contributed by atoms with E-state index in [-0.39, 0.29) is 29.3 Å². The second-order valence-electron chi connectivity index (χ2n) is 5.82. The number of nitrogens with zero attached hydrogens (tertiary/aromatic N) is 5. The minimum Gasteiger partial charge on any atom is -0.470 e. The lowest BCUT2D eigenvalue weighted by Crippen LogP contribution is -2.29. The maximum absolute atomic E-state index is 12.3. The highest BCUT2D eigenvalue weighted by Gasteiger charge is 2.27. The molecule has 0 aliphatic carbocycles. The zero-order valence-corrected chi connectivity index (χ0v) is 14.2. The van der Waals surface area contributed by atoms with Gasteiger partial charge in [-0.3, -0.25) is 14.9 Å². The highest BCUT2D eigenvalue weighted by atomic mass is 16.6. The number of hydrogen-bond acceptors (Lipinski definition) is 7. The number of ether oxygens (including phenoxy) is 1. The molecule has 3 rings (SSSR count). The number of nitriles is 1. The van der Waals surface area contributed by atoms with Crippen LogP contribution in [0.15, 0.2) is 42.7 Å². The zero-order chi connectivity index (χ0) is 19.2. The van der Waals surface area contributed by atoms with E-state index in [2.05, 4.69) is 9.97 Å². The minimum atomic E-state index is -0.474. The van der Waals surface area contributed by atoms with Gasteiger partial charge < -0.3 is 9.64 Å². The molecular weight excluding hydrogens is 350 g/mol. The molecule has 0 spiro atoms. The van der Waals surface area contributed by atoms with Crippen molar-refractivity contribution in [2.75, 3.05) is 13.1 Å². The Kier molecular flexibility index (Phi) is 5.37. The molecule has 9 heteroatoms. The second-order valence-corrected chi connectivity index (χ2v) is 5.82. The summed E-state index contributed by atoms with van der Waals surface area (Å²) in [5.41, 5.74) is 0.804. The summed E-state index contributed by atoms with van der Waals surface area (Å²) >= 11 is 0. The van der Waals surface area contributed by atoms with Gasteiger partial charge in [0.2, 0.25) is 11.6 Å². The first-order valence-electron chi connectivity index (χ1n) is 8.16. The van der Waals surface area contributed by atoms with E-state index in [4.69, 9.17) is 10.00 Å². The molecule has 1 aromatic heterocycles. The average Bonchev–Trinajstić information content (AvgIpc) is 3.15. The van der Waals surface area contributed by atoms with Crippen molar-refractivity contribution in [1.82, 2.24) is 14.9 Å². The van der Waals surface area contributed by atoms with Gasteiger partial charge in [-0.25, -0.2) is 9.97 Å². The molecule has 136 valence electrons. The van der Waals surface area contributed by atoms with Crippen LogP contribution in [-0.4, -0.2) is 44.9 Å². The van der Waals surface area contributed by atoms with Crippen molar-refractivity contribution in [3.8, 4) is 11.9 Å². The quantitative estimate of drug-likeness (QED) is 0.451. The number of carbonyl (C=O) groups excluding carboxylic acids is 1. The molecular formula is C18H15N5O4. The fourth-order valence-electron chi connectivity index (χ4n) is 2.65.